The van der Waals surface area contributed by atoms with E-state index in [0.717, 1.165) is 6.07 Å². The summed E-state index contributed by atoms with van der Waals surface area (Å²) in [6.45, 7) is 1.93. The molecule has 1 atom stereocenters. The first-order chi connectivity index (χ1) is 7.52. The van der Waals surface area contributed by atoms with Crippen molar-refractivity contribution in [3.05, 3.63) is 29.6 Å². The van der Waals surface area contributed by atoms with E-state index < -0.39 is 17.8 Å². The SMILES string of the molecule is CCOC(=O)C(N)Cc1cc(O)cc(F)c1. The summed E-state index contributed by atoms with van der Waals surface area (Å²) in [6.07, 6.45) is 0.129. The van der Waals surface area contributed by atoms with Crippen molar-refractivity contribution in [3.63, 3.8) is 0 Å². The van der Waals surface area contributed by atoms with Gasteiger partial charge in [-0.3, -0.25) is 4.79 Å². The third-order valence-electron chi connectivity index (χ3n) is 1.99. The van der Waals surface area contributed by atoms with E-state index in [1.807, 2.05) is 0 Å². The molecule has 1 aromatic carbocycles. The topological polar surface area (TPSA) is 72.5 Å². The van der Waals surface area contributed by atoms with E-state index in [9.17, 15) is 9.18 Å². The molecule has 1 rings (SSSR count). The van der Waals surface area contributed by atoms with Gasteiger partial charge in [-0.25, -0.2) is 4.39 Å². The Hall–Kier alpha value is -1.62. The first kappa shape index (κ1) is 12.4. The number of carbonyl (C=O) groups excluding carboxylic acids is 1. The number of esters is 1. The van der Waals surface area contributed by atoms with Crippen molar-refractivity contribution >= 4 is 5.97 Å². The Kier molecular flexibility index (Phi) is 4.25. The zero-order valence-corrected chi connectivity index (χ0v) is 8.94. The van der Waals surface area contributed by atoms with E-state index in [1.165, 1.54) is 12.1 Å². The molecule has 0 radical (unpaired) electrons. The molecule has 1 aromatic rings. The van der Waals surface area contributed by atoms with Crippen molar-refractivity contribution in [1.82, 2.24) is 0 Å². The Morgan fingerprint density at radius 2 is 2.25 bits per heavy atom. The van der Waals surface area contributed by atoms with Crippen LogP contribution < -0.4 is 5.73 Å². The molecule has 0 heterocycles. The molecule has 0 bridgehead atoms. The van der Waals surface area contributed by atoms with Crippen LogP contribution in [-0.4, -0.2) is 23.7 Å². The molecule has 0 aromatic heterocycles. The number of nitrogens with two attached hydrogens (primary N) is 1. The fourth-order valence-corrected chi connectivity index (χ4v) is 1.34. The number of ether oxygens (including phenoxy) is 1. The maximum atomic E-state index is 12.9. The molecule has 0 saturated heterocycles. The second kappa shape index (κ2) is 5.46. The third kappa shape index (κ3) is 3.51. The predicted octanol–water partition coefficient (Wildman–Crippen LogP) is 0.964. The normalized spacial score (nSPS) is 12.2. The van der Waals surface area contributed by atoms with Crippen LogP contribution in [0.4, 0.5) is 4.39 Å². The van der Waals surface area contributed by atoms with Crippen LogP contribution in [0.5, 0.6) is 5.75 Å². The van der Waals surface area contributed by atoms with Gasteiger partial charge >= 0.3 is 5.97 Å². The molecule has 88 valence electrons. The van der Waals surface area contributed by atoms with Crippen LogP contribution in [0.15, 0.2) is 18.2 Å². The highest BCUT2D eigenvalue weighted by molar-refractivity contribution is 5.75. The molecule has 0 saturated carbocycles. The molecule has 0 spiro atoms. The summed E-state index contributed by atoms with van der Waals surface area (Å²) in [5.74, 6) is -1.29. The smallest absolute Gasteiger partial charge is 0.323 e. The lowest BCUT2D eigenvalue weighted by Crippen LogP contribution is -2.34. The van der Waals surface area contributed by atoms with Crippen LogP contribution in [0.2, 0.25) is 0 Å². The number of aromatic hydroxyl groups is 1. The number of hydrogen-bond donors (Lipinski definition) is 2. The van der Waals surface area contributed by atoms with Gasteiger partial charge in [0.25, 0.3) is 0 Å². The van der Waals surface area contributed by atoms with E-state index in [1.54, 1.807) is 6.92 Å². The molecular formula is C11H14FNO3. The molecular weight excluding hydrogens is 213 g/mol. The molecule has 0 amide bonds. The van der Waals surface area contributed by atoms with Crippen molar-refractivity contribution in [2.75, 3.05) is 6.61 Å². The summed E-state index contributed by atoms with van der Waals surface area (Å²) < 4.78 is 17.6. The maximum Gasteiger partial charge on any atom is 0.323 e. The van der Waals surface area contributed by atoms with E-state index in [-0.39, 0.29) is 18.8 Å². The van der Waals surface area contributed by atoms with Gasteiger partial charge in [-0.1, -0.05) is 0 Å². The zero-order valence-electron chi connectivity index (χ0n) is 8.94. The van der Waals surface area contributed by atoms with Gasteiger partial charge in [0.05, 0.1) is 6.61 Å². The van der Waals surface area contributed by atoms with Crippen LogP contribution in [0.25, 0.3) is 0 Å². The number of phenolic OH excluding ortho intramolecular Hbond substituents is 1. The lowest BCUT2D eigenvalue weighted by molar-refractivity contribution is -0.144. The summed E-state index contributed by atoms with van der Waals surface area (Å²) >= 11 is 0. The average Bonchev–Trinajstić information content (AvgIpc) is 2.16. The Bertz CT molecular complexity index is 361. The number of rotatable bonds is 4. The van der Waals surface area contributed by atoms with Crippen molar-refractivity contribution < 1.29 is 19.0 Å². The highest BCUT2D eigenvalue weighted by atomic mass is 19.1. The summed E-state index contributed by atoms with van der Waals surface area (Å²) in [5.41, 5.74) is 6.01. The Morgan fingerprint density at radius 3 is 2.81 bits per heavy atom. The van der Waals surface area contributed by atoms with Gasteiger partial charge in [-0.2, -0.15) is 0 Å². The fourth-order valence-electron chi connectivity index (χ4n) is 1.34. The second-order valence-electron chi connectivity index (χ2n) is 3.38. The standard InChI is InChI=1S/C11H14FNO3/c1-2-16-11(15)10(13)5-7-3-8(12)6-9(14)4-7/h3-4,6,10,14H,2,5,13H2,1H3. The third-order valence-corrected chi connectivity index (χ3v) is 1.99. The monoisotopic (exact) mass is 227 g/mol. The minimum absolute atomic E-state index is 0.129. The molecule has 16 heavy (non-hydrogen) atoms. The second-order valence-corrected chi connectivity index (χ2v) is 3.38. The van der Waals surface area contributed by atoms with Crippen molar-refractivity contribution in [1.29, 1.82) is 0 Å². The minimum Gasteiger partial charge on any atom is -0.508 e. The number of hydrogen-bond acceptors (Lipinski definition) is 4. The first-order valence-corrected chi connectivity index (χ1v) is 4.93. The number of phenols is 1. The Balaban J connectivity index is 2.69. The highest BCUT2D eigenvalue weighted by Crippen LogP contribution is 2.15. The summed E-state index contributed by atoms with van der Waals surface area (Å²) in [5, 5.41) is 9.15. The van der Waals surface area contributed by atoms with Crippen molar-refractivity contribution in [3.8, 4) is 5.75 Å². The van der Waals surface area contributed by atoms with Gasteiger partial charge in [0.15, 0.2) is 0 Å². The fraction of sp³-hybridized carbons (Fsp3) is 0.364. The summed E-state index contributed by atoms with van der Waals surface area (Å²) in [6, 6.07) is 2.72. The van der Waals surface area contributed by atoms with E-state index >= 15 is 0 Å². The molecule has 0 aliphatic rings. The summed E-state index contributed by atoms with van der Waals surface area (Å²) in [7, 11) is 0. The molecule has 3 N–H and O–H groups in total. The molecule has 4 nitrogen and oxygen atoms in total. The summed E-state index contributed by atoms with van der Waals surface area (Å²) in [4.78, 5) is 11.2. The van der Waals surface area contributed by atoms with E-state index in [0.29, 0.717) is 5.56 Å². The van der Waals surface area contributed by atoms with Crippen LogP contribution >= 0.6 is 0 Å². The number of halogens is 1. The maximum absolute atomic E-state index is 12.9. The molecule has 0 fully saturated rings. The zero-order chi connectivity index (χ0) is 12.1. The van der Waals surface area contributed by atoms with Gasteiger partial charge in [-0.15, -0.1) is 0 Å². The molecule has 1 unspecified atom stereocenters. The first-order valence-electron chi connectivity index (χ1n) is 4.93. The van der Waals surface area contributed by atoms with Gasteiger partial charge in [0.1, 0.15) is 17.6 Å². The largest absolute Gasteiger partial charge is 0.508 e. The number of benzene rings is 1. The van der Waals surface area contributed by atoms with Crippen molar-refractivity contribution in [2.24, 2.45) is 5.73 Å². The quantitative estimate of drug-likeness (QED) is 0.751. The highest BCUT2D eigenvalue weighted by Gasteiger charge is 2.15. The van der Waals surface area contributed by atoms with Crippen LogP contribution in [-0.2, 0) is 16.0 Å². The van der Waals surface area contributed by atoms with Crippen LogP contribution in [0, 0.1) is 5.82 Å². The molecule has 0 aliphatic heterocycles. The van der Waals surface area contributed by atoms with E-state index in [4.69, 9.17) is 15.6 Å². The van der Waals surface area contributed by atoms with Gasteiger partial charge in [0.2, 0.25) is 0 Å². The minimum atomic E-state index is -0.846. The Labute approximate surface area is 92.8 Å². The van der Waals surface area contributed by atoms with Crippen molar-refractivity contribution in [2.45, 2.75) is 19.4 Å². The van der Waals surface area contributed by atoms with Crippen LogP contribution in [0.3, 0.4) is 0 Å². The van der Waals surface area contributed by atoms with Gasteiger partial charge in [0, 0.05) is 6.07 Å². The Morgan fingerprint density at radius 1 is 1.56 bits per heavy atom. The van der Waals surface area contributed by atoms with E-state index in [2.05, 4.69) is 0 Å². The molecule has 5 heteroatoms. The lowest BCUT2D eigenvalue weighted by Gasteiger charge is -2.10. The van der Waals surface area contributed by atoms with Gasteiger partial charge in [-0.05, 0) is 31.0 Å². The average molecular weight is 227 g/mol. The van der Waals surface area contributed by atoms with Gasteiger partial charge < -0.3 is 15.6 Å². The van der Waals surface area contributed by atoms with Crippen LogP contribution in [0.1, 0.15) is 12.5 Å². The predicted molar refractivity (Wildman–Crippen MR) is 56.4 cm³/mol. The number of carbonyl (C=O) groups is 1. The molecule has 0 aliphatic carbocycles. The lowest BCUT2D eigenvalue weighted by atomic mass is 10.1.